The minimum Gasteiger partial charge on any atom is -0.507 e. The van der Waals surface area contributed by atoms with E-state index in [4.69, 9.17) is 23.2 Å². The molecule has 2 aromatic rings. The summed E-state index contributed by atoms with van der Waals surface area (Å²) in [5, 5.41) is 13.3. The van der Waals surface area contributed by atoms with Crippen molar-refractivity contribution in [3.63, 3.8) is 0 Å². The van der Waals surface area contributed by atoms with Gasteiger partial charge < -0.3 is 10.4 Å². The number of rotatable bonds is 3. The SMILES string of the molecule is Cc1cc(C=C2NC(=O)N(Cc3ccc(Cl)cc3Cl)C2=O)cc(C)c1O. The van der Waals surface area contributed by atoms with E-state index in [2.05, 4.69) is 5.32 Å². The fourth-order valence-electron chi connectivity index (χ4n) is 2.77. The number of halogens is 2. The fraction of sp³-hybridized carbons (Fsp3) is 0.158. The summed E-state index contributed by atoms with van der Waals surface area (Å²) in [6.07, 6.45) is 1.59. The Morgan fingerprint density at radius 3 is 2.38 bits per heavy atom. The van der Waals surface area contributed by atoms with Crippen molar-refractivity contribution < 1.29 is 14.7 Å². The van der Waals surface area contributed by atoms with Gasteiger partial charge in [-0.15, -0.1) is 0 Å². The zero-order chi connectivity index (χ0) is 19.0. The lowest BCUT2D eigenvalue weighted by atomic mass is 10.0. The van der Waals surface area contributed by atoms with Crippen molar-refractivity contribution in [1.29, 1.82) is 0 Å². The number of aromatic hydroxyl groups is 1. The molecule has 0 unspecified atom stereocenters. The third-order valence-corrected chi connectivity index (χ3v) is 4.72. The first-order valence-electron chi connectivity index (χ1n) is 7.85. The molecule has 7 heteroatoms. The van der Waals surface area contributed by atoms with Crippen LogP contribution in [0.5, 0.6) is 5.75 Å². The number of hydrogen-bond acceptors (Lipinski definition) is 3. The standard InChI is InChI=1S/C19H16Cl2N2O3/c1-10-5-12(6-11(2)17(10)24)7-16-18(25)23(19(26)22-16)9-13-3-4-14(20)8-15(13)21/h3-8,24H,9H2,1-2H3,(H,22,26). The van der Waals surface area contributed by atoms with Crippen molar-refractivity contribution in [3.8, 4) is 5.75 Å². The van der Waals surface area contributed by atoms with E-state index in [0.717, 1.165) is 4.90 Å². The quantitative estimate of drug-likeness (QED) is 0.602. The second-order valence-electron chi connectivity index (χ2n) is 6.12. The minimum absolute atomic E-state index is 0.0473. The van der Waals surface area contributed by atoms with Crippen LogP contribution in [0.4, 0.5) is 4.79 Å². The van der Waals surface area contributed by atoms with Crippen molar-refractivity contribution in [1.82, 2.24) is 10.2 Å². The van der Waals surface area contributed by atoms with Gasteiger partial charge in [0, 0.05) is 10.0 Å². The van der Waals surface area contributed by atoms with E-state index in [-0.39, 0.29) is 18.0 Å². The van der Waals surface area contributed by atoms with Crippen molar-refractivity contribution in [2.75, 3.05) is 0 Å². The highest BCUT2D eigenvalue weighted by Crippen LogP contribution is 2.26. The van der Waals surface area contributed by atoms with E-state index >= 15 is 0 Å². The molecule has 2 N–H and O–H groups in total. The average molecular weight is 391 g/mol. The number of carbonyl (C=O) groups excluding carboxylic acids is 2. The number of phenolic OH excluding ortho intramolecular Hbond substituents is 1. The number of hydrogen-bond donors (Lipinski definition) is 2. The van der Waals surface area contributed by atoms with Crippen LogP contribution in [0.1, 0.15) is 22.3 Å². The monoisotopic (exact) mass is 390 g/mol. The van der Waals surface area contributed by atoms with Crippen molar-refractivity contribution in [2.24, 2.45) is 0 Å². The number of imide groups is 1. The molecule has 0 radical (unpaired) electrons. The lowest BCUT2D eigenvalue weighted by Crippen LogP contribution is -2.30. The molecule has 3 rings (SSSR count). The molecule has 0 saturated carbocycles. The molecule has 1 saturated heterocycles. The van der Waals surface area contributed by atoms with E-state index in [1.165, 1.54) is 0 Å². The highest BCUT2D eigenvalue weighted by atomic mass is 35.5. The molecular weight excluding hydrogens is 375 g/mol. The van der Waals surface area contributed by atoms with Gasteiger partial charge in [-0.2, -0.15) is 0 Å². The predicted octanol–water partition coefficient (Wildman–Crippen LogP) is 4.41. The second-order valence-corrected chi connectivity index (χ2v) is 6.96. The summed E-state index contributed by atoms with van der Waals surface area (Å²) in [7, 11) is 0. The van der Waals surface area contributed by atoms with E-state index in [0.29, 0.717) is 32.3 Å². The van der Waals surface area contributed by atoms with E-state index in [1.54, 1.807) is 50.3 Å². The van der Waals surface area contributed by atoms with E-state index in [1.807, 2.05) is 0 Å². The van der Waals surface area contributed by atoms with Gasteiger partial charge >= 0.3 is 6.03 Å². The number of benzene rings is 2. The topological polar surface area (TPSA) is 69.6 Å². The third-order valence-electron chi connectivity index (χ3n) is 4.13. The highest BCUT2D eigenvalue weighted by Gasteiger charge is 2.33. The molecule has 1 aliphatic rings. The van der Waals surface area contributed by atoms with Crippen LogP contribution >= 0.6 is 23.2 Å². The van der Waals surface area contributed by atoms with Crippen LogP contribution in [0.15, 0.2) is 36.0 Å². The van der Waals surface area contributed by atoms with Gasteiger partial charge in [0.25, 0.3) is 5.91 Å². The Morgan fingerprint density at radius 1 is 1.12 bits per heavy atom. The molecule has 0 bridgehead atoms. The summed E-state index contributed by atoms with van der Waals surface area (Å²) < 4.78 is 0. The van der Waals surface area contributed by atoms with Crippen LogP contribution in [0.2, 0.25) is 10.0 Å². The van der Waals surface area contributed by atoms with Gasteiger partial charge in [0.15, 0.2) is 0 Å². The molecule has 2 aromatic carbocycles. The van der Waals surface area contributed by atoms with Gasteiger partial charge in [0.1, 0.15) is 11.4 Å². The number of nitrogens with zero attached hydrogens (tertiary/aromatic N) is 1. The largest absolute Gasteiger partial charge is 0.507 e. The normalized spacial score (nSPS) is 15.7. The van der Waals surface area contributed by atoms with Crippen molar-refractivity contribution in [3.05, 3.63) is 68.3 Å². The van der Waals surface area contributed by atoms with Gasteiger partial charge in [0.05, 0.1) is 6.54 Å². The summed E-state index contributed by atoms with van der Waals surface area (Å²) in [5.74, 6) is -0.225. The van der Waals surface area contributed by atoms with Crippen LogP contribution in [0.25, 0.3) is 6.08 Å². The van der Waals surface area contributed by atoms with Gasteiger partial charge in [0.2, 0.25) is 0 Å². The maximum atomic E-state index is 12.6. The molecule has 0 atom stereocenters. The molecule has 3 amide bonds. The Kier molecular flexibility index (Phi) is 4.94. The Labute approximate surface area is 160 Å². The molecule has 0 spiro atoms. The lowest BCUT2D eigenvalue weighted by Gasteiger charge is -2.13. The predicted molar refractivity (Wildman–Crippen MR) is 101 cm³/mol. The third kappa shape index (κ3) is 3.54. The van der Waals surface area contributed by atoms with Crippen LogP contribution < -0.4 is 5.32 Å². The fourth-order valence-corrected chi connectivity index (χ4v) is 3.24. The molecule has 26 heavy (non-hydrogen) atoms. The Balaban J connectivity index is 1.87. The Hall–Kier alpha value is -2.50. The molecular formula is C19H16Cl2N2O3. The summed E-state index contributed by atoms with van der Waals surface area (Å²) in [4.78, 5) is 25.9. The number of amides is 3. The van der Waals surface area contributed by atoms with Crippen molar-refractivity contribution >= 4 is 41.2 Å². The van der Waals surface area contributed by atoms with Crippen LogP contribution in [0.3, 0.4) is 0 Å². The van der Waals surface area contributed by atoms with E-state index < -0.39 is 11.9 Å². The first kappa shape index (κ1) is 18.3. The van der Waals surface area contributed by atoms with Crippen LogP contribution in [-0.4, -0.2) is 21.9 Å². The number of aryl methyl sites for hydroxylation is 2. The number of nitrogens with one attached hydrogen (secondary N) is 1. The summed E-state index contributed by atoms with van der Waals surface area (Å²) >= 11 is 12.0. The molecule has 134 valence electrons. The zero-order valence-electron chi connectivity index (χ0n) is 14.1. The maximum Gasteiger partial charge on any atom is 0.329 e. The number of carbonyl (C=O) groups is 2. The molecule has 1 fully saturated rings. The van der Waals surface area contributed by atoms with Crippen molar-refractivity contribution in [2.45, 2.75) is 20.4 Å². The Morgan fingerprint density at radius 2 is 1.77 bits per heavy atom. The molecule has 1 aliphatic heterocycles. The number of urea groups is 1. The van der Waals surface area contributed by atoms with Gasteiger partial charge in [-0.3, -0.25) is 9.69 Å². The molecule has 5 nitrogen and oxygen atoms in total. The van der Waals surface area contributed by atoms with Crippen LogP contribution in [0, 0.1) is 13.8 Å². The second kappa shape index (κ2) is 7.02. The van der Waals surface area contributed by atoms with Crippen LogP contribution in [-0.2, 0) is 11.3 Å². The van der Waals surface area contributed by atoms with Gasteiger partial charge in [-0.25, -0.2) is 4.79 Å². The highest BCUT2D eigenvalue weighted by molar-refractivity contribution is 6.35. The Bertz CT molecular complexity index is 931. The molecule has 0 aliphatic carbocycles. The van der Waals surface area contributed by atoms with E-state index in [9.17, 15) is 14.7 Å². The summed E-state index contributed by atoms with van der Waals surface area (Å²) in [6.45, 7) is 3.59. The molecule has 1 heterocycles. The number of phenols is 1. The maximum absolute atomic E-state index is 12.6. The smallest absolute Gasteiger partial charge is 0.329 e. The minimum atomic E-state index is -0.514. The average Bonchev–Trinajstić information content (AvgIpc) is 2.82. The lowest BCUT2D eigenvalue weighted by molar-refractivity contribution is -0.123. The van der Waals surface area contributed by atoms with Gasteiger partial charge in [-0.1, -0.05) is 29.3 Å². The summed E-state index contributed by atoms with van der Waals surface area (Å²) in [6, 6.07) is 7.87. The summed E-state index contributed by atoms with van der Waals surface area (Å²) in [5.41, 5.74) is 2.89. The first-order valence-corrected chi connectivity index (χ1v) is 8.60. The van der Waals surface area contributed by atoms with Gasteiger partial charge in [-0.05, 0) is 66.4 Å². The molecule has 0 aromatic heterocycles. The zero-order valence-corrected chi connectivity index (χ0v) is 15.6. The first-order chi connectivity index (χ1) is 12.3.